The molecule has 2 unspecified atom stereocenters. The summed E-state index contributed by atoms with van der Waals surface area (Å²) < 4.78 is 26.6. The van der Waals surface area contributed by atoms with Gasteiger partial charge in [-0.3, -0.25) is 4.79 Å². The molecule has 1 aromatic carbocycles. The van der Waals surface area contributed by atoms with Crippen LogP contribution in [0.15, 0.2) is 18.2 Å². The van der Waals surface area contributed by atoms with Crippen molar-refractivity contribution in [2.45, 2.75) is 31.7 Å². The van der Waals surface area contributed by atoms with Crippen LogP contribution in [0.25, 0.3) is 0 Å². The van der Waals surface area contributed by atoms with E-state index in [9.17, 15) is 13.6 Å². The molecule has 2 atom stereocenters. The van der Waals surface area contributed by atoms with Gasteiger partial charge in [-0.25, -0.2) is 8.78 Å². The van der Waals surface area contributed by atoms with Gasteiger partial charge in [0.1, 0.15) is 11.6 Å². The van der Waals surface area contributed by atoms with Gasteiger partial charge in [0.2, 0.25) is 0 Å². The van der Waals surface area contributed by atoms with Gasteiger partial charge in [-0.05, 0) is 30.2 Å². The zero-order valence-corrected chi connectivity index (χ0v) is 9.49. The van der Waals surface area contributed by atoms with Crippen molar-refractivity contribution in [2.24, 2.45) is 5.73 Å². The Labute approximate surface area is 98.2 Å². The summed E-state index contributed by atoms with van der Waals surface area (Å²) in [6.45, 7) is 1.77. The van der Waals surface area contributed by atoms with Crippen molar-refractivity contribution in [1.82, 2.24) is 0 Å². The zero-order chi connectivity index (χ0) is 13.0. The number of nitrogens with two attached hydrogens (primary N) is 1. The highest BCUT2D eigenvalue weighted by molar-refractivity contribution is 5.68. The summed E-state index contributed by atoms with van der Waals surface area (Å²) in [5, 5.41) is 8.78. The second-order valence-corrected chi connectivity index (χ2v) is 3.94. The van der Waals surface area contributed by atoms with Crippen molar-refractivity contribution < 1.29 is 18.7 Å². The van der Waals surface area contributed by atoms with E-state index >= 15 is 0 Å². The minimum absolute atomic E-state index is 0.0294. The Balaban J connectivity index is 3.11. The highest BCUT2D eigenvalue weighted by atomic mass is 19.1. The summed E-state index contributed by atoms with van der Waals surface area (Å²) >= 11 is 0. The largest absolute Gasteiger partial charge is 0.481 e. The average Bonchev–Trinajstić information content (AvgIpc) is 2.28. The molecule has 0 heterocycles. The molecule has 3 N–H and O–H groups in total. The molecular formula is C12H15F2NO2. The zero-order valence-electron chi connectivity index (χ0n) is 9.49. The minimum atomic E-state index is -1.08. The van der Waals surface area contributed by atoms with Crippen molar-refractivity contribution in [3.05, 3.63) is 35.4 Å². The van der Waals surface area contributed by atoms with Crippen molar-refractivity contribution in [3.63, 3.8) is 0 Å². The third kappa shape index (κ3) is 3.49. The fourth-order valence-electron chi connectivity index (χ4n) is 1.76. The molecule has 5 heteroatoms. The van der Waals surface area contributed by atoms with E-state index in [0.717, 1.165) is 18.2 Å². The van der Waals surface area contributed by atoms with Crippen LogP contribution >= 0.6 is 0 Å². The first-order valence-electron chi connectivity index (χ1n) is 5.38. The van der Waals surface area contributed by atoms with Gasteiger partial charge in [0, 0.05) is 12.0 Å². The first-order chi connectivity index (χ1) is 7.95. The number of halogens is 2. The molecule has 0 aliphatic rings. The van der Waals surface area contributed by atoms with Crippen LogP contribution in [0.1, 0.15) is 31.2 Å². The lowest BCUT2D eigenvalue weighted by Gasteiger charge is -2.22. The van der Waals surface area contributed by atoms with E-state index in [2.05, 4.69) is 0 Å². The van der Waals surface area contributed by atoms with Crippen LogP contribution in [0.3, 0.4) is 0 Å². The Morgan fingerprint density at radius 1 is 1.47 bits per heavy atom. The van der Waals surface area contributed by atoms with Crippen LogP contribution in [0.2, 0.25) is 0 Å². The van der Waals surface area contributed by atoms with Gasteiger partial charge in [0.25, 0.3) is 0 Å². The Hall–Kier alpha value is -1.49. The van der Waals surface area contributed by atoms with Gasteiger partial charge in [-0.2, -0.15) is 0 Å². The van der Waals surface area contributed by atoms with Gasteiger partial charge in [0.05, 0.1) is 6.42 Å². The summed E-state index contributed by atoms with van der Waals surface area (Å²) in [6.07, 6.45) is 0.184. The van der Waals surface area contributed by atoms with Crippen LogP contribution in [0, 0.1) is 11.6 Å². The maximum Gasteiger partial charge on any atom is 0.304 e. The summed E-state index contributed by atoms with van der Waals surface area (Å²) in [4.78, 5) is 10.7. The molecule has 0 aromatic heterocycles. The number of aliphatic carboxylic acids is 1. The van der Waals surface area contributed by atoms with Crippen molar-refractivity contribution >= 4 is 5.97 Å². The van der Waals surface area contributed by atoms with E-state index in [1.54, 1.807) is 6.92 Å². The van der Waals surface area contributed by atoms with E-state index in [-0.39, 0.29) is 12.0 Å². The molecule has 94 valence electrons. The maximum absolute atomic E-state index is 13.6. The lowest BCUT2D eigenvalue weighted by molar-refractivity contribution is -0.137. The number of carboxylic acids is 1. The highest BCUT2D eigenvalue weighted by Gasteiger charge is 2.24. The van der Waals surface area contributed by atoms with Crippen LogP contribution in [0.5, 0.6) is 0 Å². The van der Waals surface area contributed by atoms with Crippen LogP contribution in [-0.4, -0.2) is 17.1 Å². The predicted octanol–water partition coefficient (Wildman–Crippen LogP) is 2.26. The summed E-state index contributed by atoms with van der Waals surface area (Å²) in [5.41, 5.74) is 5.79. The molecule has 0 radical (unpaired) electrons. The molecular weight excluding hydrogens is 228 g/mol. The number of hydrogen-bond acceptors (Lipinski definition) is 2. The molecule has 0 aliphatic heterocycles. The lowest BCUT2D eigenvalue weighted by atomic mass is 9.87. The first-order valence-corrected chi connectivity index (χ1v) is 5.38. The van der Waals surface area contributed by atoms with Crippen molar-refractivity contribution in [2.75, 3.05) is 0 Å². The number of benzene rings is 1. The third-order valence-corrected chi connectivity index (χ3v) is 2.74. The van der Waals surface area contributed by atoms with E-state index in [1.165, 1.54) is 0 Å². The monoisotopic (exact) mass is 243 g/mol. The van der Waals surface area contributed by atoms with E-state index in [1.807, 2.05) is 0 Å². The number of carbonyl (C=O) groups is 1. The van der Waals surface area contributed by atoms with Gasteiger partial charge < -0.3 is 10.8 Å². The van der Waals surface area contributed by atoms with Crippen molar-refractivity contribution in [3.8, 4) is 0 Å². The standard InChI is InChI=1S/C12H15F2NO2/c1-2-11(15)9(6-12(16)17)8-5-7(13)3-4-10(8)14/h3-5,9,11H,2,6,15H2,1H3,(H,16,17). The molecule has 1 aromatic rings. The first kappa shape index (κ1) is 13.6. The Bertz CT molecular complexity index is 409. The Morgan fingerprint density at radius 3 is 2.65 bits per heavy atom. The van der Waals surface area contributed by atoms with Crippen molar-refractivity contribution in [1.29, 1.82) is 0 Å². The van der Waals surface area contributed by atoms with Crippen LogP contribution in [0.4, 0.5) is 8.78 Å². The van der Waals surface area contributed by atoms with Crippen LogP contribution < -0.4 is 5.73 Å². The predicted molar refractivity (Wildman–Crippen MR) is 59.6 cm³/mol. The normalized spacial score (nSPS) is 14.4. The molecule has 3 nitrogen and oxygen atoms in total. The molecule has 0 amide bonds. The topological polar surface area (TPSA) is 63.3 Å². The third-order valence-electron chi connectivity index (χ3n) is 2.74. The fraction of sp³-hybridized carbons (Fsp3) is 0.417. The van der Waals surface area contributed by atoms with Crippen LogP contribution in [-0.2, 0) is 4.79 Å². The number of carboxylic acid groups (broad SMARTS) is 1. The van der Waals surface area contributed by atoms with E-state index in [4.69, 9.17) is 10.8 Å². The minimum Gasteiger partial charge on any atom is -0.481 e. The Kier molecular flexibility index (Phi) is 4.57. The van der Waals surface area contributed by atoms with E-state index < -0.39 is 29.6 Å². The molecule has 0 spiro atoms. The smallest absolute Gasteiger partial charge is 0.304 e. The SMILES string of the molecule is CCC(N)C(CC(=O)O)c1cc(F)ccc1F. The highest BCUT2D eigenvalue weighted by Crippen LogP contribution is 2.27. The number of rotatable bonds is 5. The molecule has 0 fully saturated rings. The summed E-state index contributed by atoms with van der Waals surface area (Å²) in [7, 11) is 0. The van der Waals surface area contributed by atoms with E-state index in [0.29, 0.717) is 6.42 Å². The summed E-state index contributed by atoms with van der Waals surface area (Å²) in [5.74, 6) is -3.02. The number of hydrogen-bond donors (Lipinski definition) is 2. The van der Waals surface area contributed by atoms with Gasteiger partial charge >= 0.3 is 5.97 Å². The van der Waals surface area contributed by atoms with Gasteiger partial charge in [0.15, 0.2) is 0 Å². The molecule has 0 aliphatic carbocycles. The Morgan fingerprint density at radius 2 is 2.12 bits per heavy atom. The second kappa shape index (κ2) is 5.72. The average molecular weight is 243 g/mol. The van der Waals surface area contributed by atoms with Gasteiger partial charge in [-0.15, -0.1) is 0 Å². The summed E-state index contributed by atoms with van der Waals surface area (Å²) in [6, 6.07) is 2.48. The molecule has 0 saturated heterocycles. The molecule has 0 saturated carbocycles. The molecule has 1 rings (SSSR count). The maximum atomic E-state index is 13.6. The molecule has 0 bridgehead atoms. The lowest BCUT2D eigenvalue weighted by Crippen LogP contribution is -2.30. The second-order valence-electron chi connectivity index (χ2n) is 3.94. The quantitative estimate of drug-likeness (QED) is 0.833. The van der Waals surface area contributed by atoms with Gasteiger partial charge in [-0.1, -0.05) is 6.92 Å². The fourth-order valence-corrected chi connectivity index (χ4v) is 1.76. The molecule has 17 heavy (non-hydrogen) atoms.